The van der Waals surface area contributed by atoms with Gasteiger partial charge in [0.2, 0.25) is 0 Å². The lowest BCUT2D eigenvalue weighted by Gasteiger charge is -2.13. The molecule has 0 saturated carbocycles. The molecule has 0 heterocycles. The van der Waals surface area contributed by atoms with Crippen LogP contribution < -0.4 is 0 Å². The zero-order valence-corrected chi connectivity index (χ0v) is 7.68. The molecule has 0 saturated heterocycles. The van der Waals surface area contributed by atoms with Crippen LogP contribution in [0.25, 0.3) is 0 Å². The van der Waals surface area contributed by atoms with Crippen LogP contribution in [-0.2, 0) is 9.53 Å². The van der Waals surface area contributed by atoms with E-state index < -0.39 is 5.41 Å². The Morgan fingerprint density at radius 1 is 1.45 bits per heavy atom. The van der Waals surface area contributed by atoms with Crippen LogP contribution >= 0.6 is 0 Å². The summed E-state index contributed by atoms with van der Waals surface area (Å²) >= 11 is 0. The molecule has 0 amide bonds. The highest BCUT2D eigenvalue weighted by molar-refractivity contribution is 5.75. The lowest BCUT2D eigenvalue weighted by molar-refractivity contribution is -0.146. The standard InChI is InChI=1S/C9H16O2/c1-5-6-7-11-8(10)9(2,3)4/h6-7H,5H2,1-4H3/b7-6-. The van der Waals surface area contributed by atoms with Gasteiger partial charge in [0.1, 0.15) is 0 Å². The largest absolute Gasteiger partial charge is 0.434 e. The van der Waals surface area contributed by atoms with E-state index in [1.54, 1.807) is 0 Å². The lowest BCUT2D eigenvalue weighted by Crippen LogP contribution is -2.20. The van der Waals surface area contributed by atoms with E-state index in [1.165, 1.54) is 6.26 Å². The molecule has 0 fully saturated rings. The molecule has 0 aromatic carbocycles. The third-order valence-electron chi connectivity index (χ3n) is 1.12. The minimum Gasteiger partial charge on any atom is -0.434 e. The molecule has 2 heteroatoms. The number of rotatable bonds is 2. The second-order valence-electron chi connectivity index (χ2n) is 3.44. The Hall–Kier alpha value is -0.790. The highest BCUT2D eigenvalue weighted by atomic mass is 16.5. The minimum absolute atomic E-state index is 0.192. The molecule has 0 aliphatic rings. The van der Waals surface area contributed by atoms with Crippen molar-refractivity contribution >= 4 is 5.97 Å². The van der Waals surface area contributed by atoms with Crippen LogP contribution in [0.5, 0.6) is 0 Å². The maximum absolute atomic E-state index is 11.1. The molecule has 0 aliphatic heterocycles. The van der Waals surface area contributed by atoms with Crippen molar-refractivity contribution in [1.29, 1.82) is 0 Å². The molecule has 0 atom stereocenters. The average Bonchev–Trinajstić information content (AvgIpc) is 1.86. The highest BCUT2D eigenvalue weighted by Crippen LogP contribution is 2.14. The Balaban J connectivity index is 3.80. The second kappa shape index (κ2) is 4.16. The molecule has 0 N–H and O–H groups in total. The summed E-state index contributed by atoms with van der Waals surface area (Å²) in [6, 6.07) is 0. The fourth-order valence-electron chi connectivity index (χ4n) is 0.383. The average molecular weight is 156 g/mol. The van der Waals surface area contributed by atoms with E-state index in [2.05, 4.69) is 0 Å². The van der Waals surface area contributed by atoms with E-state index in [1.807, 2.05) is 33.8 Å². The third-order valence-corrected chi connectivity index (χ3v) is 1.12. The fourth-order valence-corrected chi connectivity index (χ4v) is 0.383. The number of esters is 1. The number of hydrogen-bond donors (Lipinski definition) is 0. The van der Waals surface area contributed by atoms with Crippen LogP contribution in [0.15, 0.2) is 12.3 Å². The van der Waals surface area contributed by atoms with Gasteiger partial charge in [0, 0.05) is 0 Å². The SMILES string of the molecule is CC/C=C\OC(=O)C(C)(C)C. The Kier molecular flexibility index (Phi) is 3.86. The van der Waals surface area contributed by atoms with Crippen molar-refractivity contribution in [2.75, 3.05) is 0 Å². The van der Waals surface area contributed by atoms with E-state index in [9.17, 15) is 4.79 Å². The van der Waals surface area contributed by atoms with E-state index in [0.717, 1.165) is 6.42 Å². The number of carbonyl (C=O) groups is 1. The molecule has 0 aromatic rings. The number of hydrogen-bond acceptors (Lipinski definition) is 2. The predicted molar refractivity (Wildman–Crippen MR) is 45.0 cm³/mol. The smallest absolute Gasteiger partial charge is 0.316 e. The fraction of sp³-hybridized carbons (Fsp3) is 0.667. The monoisotopic (exact) mass is 156 g/mol. The van der Waals surface area contributed by atoms with E-state index in [0.29, 0.717) is 0 Å². The van der Waals surface area contributed by atoms with Crippen molar-refractivity contribution in [2.24, 2.45) is 5.41 Å². The van der Waals surface area contributed by atoms with Gasteiger partial charge in [-0.1, -0.05) is 6.92 Å². The van der Waals surface area contributed by atoms with Crippen molar-refractivity contribution in [3.05, 3.63) is 12.3 Å². The van der Waals surface area contributed by atoms with Crippen molar-refractivity contribution in [1.82, 2.24) is 0 Å². The van der Waals surface area contributed by atoms with Gasteiger partial charge in [-0.25, -0.2) is 0 Å². The first kappa shape index (κ1) is 10.2. The summed E-state index contributed by atoms with van der Waals surface area (Å²) in [6.45, 7) is 7.47. The summed E-state index contributed by atoms with van der Waals surface area (Å²) in [4.78, 5) is 11.1. The van der Waals surface area contributed by atoms with Crippen LogP contribution in [0.4, 0.5) is 0 Å². The number of ether oxygens (including phenoxy) is 1. The van der Waals surface area contributed by atoms with E-state index in [-0.39, 0.29) is 5.97 Å². The first-order valence-electron chi connectivity index (χ1n) is 3.84. The van der Waals surface area contributed by atoms with Crippen molar-refractivity contribution in [2.45, 2.75) is 34.1 Å². The molecule has 64 valence electrons. The molecular formula is C9H16O2. The Morgan fingerprint density at radius 3 is 2.36 bits per heavy atom. The van der Waals surface area contributed by atoms with Gasteiger partial charge in [0.15, 0.2) is 0 Å². The van der Waals surface area contributed by atoms with Crippen LogP contribution in [0, 0.1) is 5.41 Å². The van der Waals surface area contributed by atoms with E-state index >= 15 is 0 Å². The van der Waals surface area contributed by atoms with Gasteiger partial charge in [-0.2, -0.15) is 0 Å². The third kappa shape index (κ3) is 4.59. The normalized spacial score (nSPS) is 12.0. The van der Waals surface area contributed by atoms with Gasteiger partial charge in [0.05, 0.1) is 11.7 Å². The molecule has 11 heavy (non-hydrogen) atoms. The summed E-state index contributed by atoms with van der Waals surface area (Å²) in [7, 11) is 0. The summed E-state index contributed by atoms with van der Waals surface area (Å²) in [5.74, 6) is -0.192. The highest BCUT2D eigenvalue weighted by Gasteiger charge is 2.21. The van der Waals surface area contributed by atoms with Gasteiger partial charge < -0.3 is 4.74 Å². The summed E-state index contributed by atoms with van der Waals surface area (Å²) in [5, 5.41) is 0. The molecule has 0 aliphatic carbocycles. The minimum atomic E-state index is -0.405. The van der Waals surface area contributed by atoms with Crippen molar-refractivity contribution < 1.29 is 9.53 Å². The first-order chi connectivity index (χ1) is 4.98. The van der Waals surface area contributed by atoms with Crippen LogP contribution in [-0.4, -0.2) is 5.97 Å². The van der Waals surface area contributed by atoms with Gasteiger partial charge in [-0.3, -0.25) is 4.79 Å². The van der Waals surface area contributed by atoms with Crippen molar-refractivity contribution in [3.63, 3.8) is 0 Å². The van der Waals surface area contributed by atoms with Gasteiger partial charge in [-0.05, 0) is 33.3 Å². The molecule has 2 nitrogen and oxygen atoms in total. The van der Waals surface area contributed by atoms with Gasteiger partial charge in [-0.15, -0.1) is 0 Å². The van der Waals surface area contributed by atoms with Crippen LogP contribution in [0.1, 0.15) is 34.1 Å². The predicted octanol–water partition coefficient (Wildman–Crippen LogP) is 2.50. The maximum Gasteiger partial charge on any atom is 0.316 e. The molecule has 0 aromatic heterocycles. The van der Waals surface area contributed by atoms with Crippen molar-refractivity contribution in [3.8, 4) is 0 Å². The second-order valence-corrected chi connectivity index (χ2v) is 3.44. The number of allylic oxidation sites excluding steroid dienone is 1. The Morgan fingerprint density at radius 2 is 2.00 bits per heavy atom. The molecule has 0 spiro atoms. The summed E-state index contributed by atoms with van der Waals surface area (Å²) in [5.41, 5.74) is -0.405. The zero-order chi connectivity index (χ0) is 8.91. The van der Waals surface area contributed by atoms with Crippen LogP contribution in [0.3, 0.4) is 0 Å². The Bertz CT molecular complexity index is 151. The Labute approximate surface area is 68.2 Å². The molecule has 0 radical (unpaired) electrons. The lowest BCUT2D eigenvalue weighted by atomic mass is 9.98. The van der Waals surface area contributed by atoms with E-state index in [4.69, 9.17) is 4.74 Å². The molecule has 0 unspecified atom stereocenters. The molecule has 0 rings (SSSR count). The maximum atomic E-state index is 11.1. The number of carbonyl (C=O) groups excluding carboxylic acids is 1. The summed E-state index contributed by atoms with van der Waals surface area (Å²) < 4.78 is 4.83. The van der Waals surface area contributed by atoms with Gasteiger partial charge in [0.25, 0.3) is 0 Å². The molecular weight excluding hydrogens is 140 g/mol. The zero-order valence-electron chi connectivity index (χ0n) is 7.68. The van der Waals surface area contributed by atoms with Gasteiger partial charge >= 0.3 is 5.97 Å². The topological polar surface area (TPSA) is 26.3 Å². The molecule has 0 bridgehead atoms. The van der Waals surface area contributed by atoms with Crippen LogP contribution in [0.2, 0.25) is 0 Å². The summed E-state index contributed by atoms with van der Waals surface area (Å²) in [6.07, 6.45) is 4.15. The first-order valence-corrected chi connectivity index (χ1v) is 3.84. The quantitative estimate of drug-likeness (QED) is 0.453.